The Hall–Kier alpha value is -0.690. The maximum atomic E-state index is 11.8. The SMILES string of the molecule is CCCOCCOCCOCCNC(=O)COC1CCCCCCC1. The second-order valence-electron chi connectivity index (χ2n) is 6.47. The molecule has 1 fully saturated rings. The van der Waals surface area contributed by atoms with Gasteiger partial charge >= 0.3 is 0 Å². The number of carbonyl (C=O) groups is 1. The summed E-state index contributed by atoms with van der Waals surface area (Å²) in [4.78, 5) is 11.8. The van der Waals surface area contributed by atoms with Crippen molar-refractivity contribution in [3.05, 3.63) is 0 Å². The van der Waals surface area contributed by atoms with Crippen molar-refractivity contribution in [3.8, 4) is 0 Å². The van der Waals surface area contributed by atoms with E-state index in [0.29, 0.717) is 39.6 Å². The fourth-order valence-corrected chi connectivity index (χ4v) is 2.78. The van der Waals surface area contributed by atoms with E-state index in [9.17, 15) is 4.79 Å². The molecule has 0 saturated heterocycles. The summed E-state index contributed by atoms with van der Waals surface area (Å²) in [6, 6.07) is 0. The molecule has 25 heavy (non-hydrogen) atoms. The Labute approximate surface area is 152 Å². The lowest BCUT2D eigenvalue weighted by Gasteiger charge is -2.20. The van der Waals surface area contributed by atoms with Crippen molar-refractivity contribution >= 4 is 5.91 Å². The van der Waals surface area contributed by atoms with Crippen molar-refractivity contribution in [1.29, 1.82) is 0 Å². The van der Waals surface area contributed by atoms with E-state index in [1.54, 1.807) is 0 Å². The van der Waals surface area contributed by atoms with Gasteiger partial charge in [0.2, 0.25) is 5.91 Å². The zero-order chi connectivity index (χ0) is 18.0. The maximum absolute atomic E-state index is 11.8. The van der Waals surface area contributed by atoms with Gasteiger partial charge in [-0.1, -0.05) is 39.0 Å². The Morgan fingerprint density at radius 3 is 2.04 bits per heavy atom. The molecule has 0 aromatic heterocycles. The normalized spacial score (nSPS) is 16.4. The molecule has 1 saturated carbocycles. The van der Waals surface area contributed by atoms with Gasteiger partial charge in [-0.05, 0) is 19.3 Å². The van der Waals surface area contributed by atoms with Crippen LogP contribution in [0.1, 0.15) is 58.3 Å². The molecule has 0 unspecified atom stereocenters. The summed E-state index contributed by atoms with van der Waals surface area (Å²) in [6.07, 6.45) is 9.80. The van der Waals surface area contributed by atoms with Gasteiger partial charge in [-0.15, -0.1) is 0 Å². The van der Waals surface area contributed by atoms with Crippen LogP contribution < -0.4 is 5.32 Å². The molecule has 0 aliphatic heterocycles. The average molecular weight is 360 g/mol. The van der Waals surface area contributed by atoms with Gasteiger partial charge < -0.3 is 24.3 Å². The largest absolute Gasteiger partial charge is 0.379 e. The van der Waals surface area contributed by atoms with E-state index in [4.69, 9.17) is 18.9 Å². The fraction of sp³-hybridized carbons (Fsp3) is 0.947. The smallest absolute Gasteiger partial charge is 0.246 e. The topological polar surface area (TPSA) is 66.0 Å². The van der Waals surface area contributed by atoms with Gasteiger partial charge in [0.15, 0.2) is 0 Å². The first-order valence-electron chi connectivity index (χ1n) is 9.94. The highest BCUT2D eigenvalue weighted by molar-refractivity contribution is 5.77. The summed E-state index contributed by atoms with van der Waals surface area (Å²) in [5.74, 6) is -0.0602. The van der Waals surface area contributed by atoms with Gasteiger partial charge in [-0.3, -0.25) is 4.79 Å². The molecule has 0 aromatic carbocycles. The molecule has 0 heterocycles. The first kappa shape index (κ1) is 22.4. The van der Waals surface area contributed by atoms with Gasteiger partial charge in [0, 0.05) is 13.2 Å². The van der Waals surface area contributed by atoms with Crippen molar-refractivity contribution in [1.82, 2.24) is 5.32 Å². The summed E-state index contributed by atoms with van der Waals surface area (Å²) in [5, 5.41) is 2.83. The summed E-state index contributed by atoms with van der Waals surface area (Å²) in [7, 11) is 0. The Morgan fingerprint density at radius 1 is 0.840 bits per heavy atom. The third-order valence-electron chi connectivity index (χ3n) is 4.16. The van der Waals surface area contributed by atoms with Gasteiger partial charge in [-0.25, -0.2) is 0 Å². The number of rotatable bonds is 14. The minimum Gasteiger partial charge on any atom is -0.379 e. The van der Waals surface area contributed by atoms with Crippen LogP contribution in [0.15, 0.2) is 0 Å². The molecule has 1 aliphatic carbocycles. The molecule has 0 spiro atoms. The van der Waals surface area contributed by atoms with E-state index in [1.807, 2.05) is 0 Å². The Morgan fingerprint density at radius 2 is 1.40 bits per heavy atom. The van der Waals surface area contributed by atoms with Crippen LogP contribution in [-0.2, 0) is 23.7 Å². The minimum absolute atomic E-state index is 0.0602. The third kappa shape index (κ3) is 14.2. The van der Waals surface area contributed by atoms with E-state index < -0.39 is 0 Å². The molecule has 0 aromatic rings. The number of hydrogen-bond acceptors (Lipinski definition) is 5. The minimum atomic E-state index is -0.0602. The number of ether oxygens (including phenoxy) is 4. The van der Waals surface area contributed by atoms with Crippen molar-refractivity contribution in [2.45, 2.75) is 64.4 Å². The quantitative estimate of drug-likeness (QED) is 0.483. The first-order chi connectivity index (χ1) is 12.3. The highest BCUT2D eigenvalue weighted by Crippen LogP contribution is 2.19. The first-order valence-corrected chi connectivity index (χ1v) is 9.94. The molecular formula is C19H37NO5. The predicted octanol–water partition coefficient (Wildman–Crippen LogP) is 2.69. The van der Waals surface area contributed by atoms with Crippen molar-refractivity contribution in [2.75, 3.05) is 52.8 Å². The van der Waals surface area contributed by atoms with Crippen molar-refractivity contribution in [3.63, 3.8) is 0 Å². The highest BCUT2D eigenvalue weighted by atomic mass is 16.5. The zero-order valence-corrected chi connectivity index (χ0v) is 15.9. The Kier molecular flexibility index (Phi) is 15.0. The molecule has 6 nitrogen and oxygen atoms in total. The highest BCUT2D eigenvalue weighted by Gasteiger charge is 2.13. The van der Waals surface area contributed by atoms with Crippen molar-refractivity contribution in [2.24, 2.45) is 0 Å². The number of nitrogens with one attached hydrogen (secondary N) is 1. The molecule has 148 valence electrons. The molecular weight excluding hydrogens is 322 g/mol. The Bertz CT molecular complexity index is 306. The average Bonchev–Trinajstić information content (AvgIpc) is 2.58. The molecule has 1 amide bonds. The van der Waals surface area contributed by atoms with Gasteiger partial charge in [-0.2, -0.15) is 0 Å². The van der Waals surface area contributed by atoms with Crippen LogP contribution in [0.3, 0.4) is 0 Å². The molecule has 1 N–H and O–H groups in total. The maximum Gasteiger partial charge on any atom is 0.246 e. The molecule has 1 rings (SSSR count). The summed E-state index contributed by atoms with van der Waals surface area (Å²) in [6.45, 7) is 6.32. The third-order valence-corrected chi connectivity index (χ3v) is 4.16. The molecule has 6 heteroatoms. The second-order valence-corrected chi connectivity index (χ2v) is 6.47. The number of hydrogen-bond donors (Lipinski definition) is 1. The lowest BCUT2D eigenvalue weighted by Crippen LogP contribution is -2.32. The van der Waals surface area contributed by atoms with Crippen LogP contribution >= 0.6 is 0 Å². The van der Waals surface area contributed by atoms with E-state index in [0.717, 1.165) is 25.9 Å². The lowest BCUT2D eigenvalue weighted by molar-refractivity contribution is -0.128. The monoisotopic (exact) mass is 359 g/mol. The second kappa shape index (κ2) is 16.8. The lowest BCUT2D eigenvalue weighted by atomic mass is 9.99. The summed E-state index contributed by atoms with van der Waals surface area (Å²) in [5.41, 5.74) is 0. The van der Waals surface area contributed by atoms with E-state index in [-0.39, 0.29) is 18.6 Å². The van der Waals surface area contributed by atoms with Crippen LogP contribution in [0.5, 0.6) is 0 Å². The Balaban J connectivity index is 1.85. The zero-order valence-electron chi connectivity index (χ0n) is 15.9. The van der Waals surface area contributed by atoms with Crippen LogP contribution in [0.2, 0.25) is 0 Å². The predicted molar refractivity (Wildman–Crippen MR) is 97.8 cm³/mol. The van der Waals surface area contributed by atoms with Crippen LogP contribution in [0.4, 0.5) is 0 Å². The van der Waals surface area contributed by atoms with Crippen LogP contribution in [-0.4, -0.2) is 64.8 Å². The van der Waals surface area contributed by atoms with E-state index in [2.05, 4.69) is 12.2 Å². The summed E-state index contributed by atoms with van der Waals surface area (Å²) < 4.78 is 21.8. The molecule has 0 atom stereocenters. The van der Waals surface area contributed by atoms with Crippen LogP contribution in [0.25, 0.3) is 0 Å². The fourth-order valence-electron chi connectivity index (χ4n) is 2.78. The molecule has 0 bridgehead atoms. The standard InChI is InChI=1S/C19H37NO5/c1-2-11-22-13-15-24-16-14-23-12-10-20-19(21)17-25-18-8-6-4-3-5-7-9-18/h18H,2-17H2,1H3,(H,20,21). The van der Waals surface area contributed by atoms with E-state index >= 15 is 0 Å². The molecule has 1 aliphatic rings. The summed E-state index contributed by atoms with van der Waals surface area (Å²) >= 11 is 0. The van der Waals surface area contributed by atoms with Gasteiger partial charge in [0.1, 0.15) is 6.61 Å². The van der Waals surface area contributed by atoms with E-state index in [1.165, 1.54) is 32.1 Å². The number of carbonyl (C=O) groups excluding carboxylic acids is 1. The van der Waals surface area contributed by atoms with Crippen LogP contribution in [0, 0.1) is 0 Å². The van der Waals surface area contributed by atoms with Crippen molar-refractivity contribution < 1.29 is 23.7 Å². The molecule has 0 radical (unpaired) electrons. The van der Waals surface area contributed by atoms with Gasteiger partial charge in [0.25, 0.3) is 0 Å². The number of amides is 1. The van der Waals surface area contributed by atoms with Gasteiger partial charge in [0.05, 0.1) is 39.1 Å².